The van der Waals surface area contributed by atoms with Gasteiger partial charge in [-0.1, -0.05) is 24.3 Å². The number of likely N-dealkylation sites (tertiary alicyclic amines) is 1. The molecule has 27 heavy (non-hydrogen) atoms. The molecule has 2 aromatic rings. The maximum absolute atomic E-state index is 11.2. The maximum atomic E-state index is 11.2. The Morgan fingerprint density at radius 3 is 2.63 bits per heavy atom. The first kappa shape index (κ1) is 18.1. The maximum Gasteiger partial charge on any atom is 0.164 e. The standard InChI is InChI=1S/C22H27NO4/c1-16-6-3-4-7-18(16)22(24)8-9-23(15-22)14-17-12-20-21(13-19(17)25-2)27-11-5-10-26-20/h3-4,6-7,12-13,24H,5,8-11,14-15H2,1-2H3. The lowest BCUT2D eigenvalue weighted by atomic mass is 9.89. The van der Waals surface area contributed by atoms with Gasteiger partial charge in [0.25, 0.3) is 0 Å². The quantitative estimate of drug-likeness (QED) is 0.897. The Morgan fingerprint density at radius 2 is 1.89 bits per heavy atom. The van der Waals surface area contributed by atoms with Gasteiger partial charge in [0.05, 0.1) is 20.3 Å². The molecule has 0 aliphatic carbocycles. The van der Waals surface area contributed by atoms with Crippen molar-refractivity contribution in [1.29, 1.82) is 0 Å². The highest BCUT2D eigenvalue weighted by atomic mass is 16.5. The van der Waals surface area contributed by atoms with Gasteiger partial charge in [0.2, 0.25) is 0 Å². The molecule has 5 heteroatoms. The molecule has 144 valence electrons. The van der Waals surface area contributed by atoms with Crippen LogP contribution in [0.2, 0.25) is 0 Å². The second kappa shape index (κ2) is 7.41. The molecule has 1 unspecified atom stereocenters. The lowest BCUT2D eigenvalue weighted by molar-refractivity contribution is 0.0446. The molecule has 0 saturated carbocycles. The minimum absolute atomic E-state index is 0.607. The molecule has 0 spiro atoms. The van der Waals surface area contributed by atoms with Crippen LogP contribution in [0, 0.1) is 6.92 Å². The fourth-order valence-corrected chi connectivity index (χ4v) is 4.11. The molecule has 1 N–H and O–H groups in total. The van der Waals surface area contributed by atoms with E-state index in [0.29, 0.717) is 26.3 Å². The average molecular weight is 369 g/mol. The van der Waals surface area contributed by atoms with Gasteiger partial charge in [-0.3, -0.25) is 4.90 Å². The number of hydrogen-bond acceptors (Lipinski definition) is 5. The fourth-order valence-electron chi connectivity index (χ4n) is 4.11. The van der Waals surface area contributed by atoms with Crippen molar-refractivity contribution in [2.24, 2.45) is 0 Å². The molecule has 4 rings (SSSR count). The lowest BCUT2D eigenvalue weighted by Gasteiger charge is -2.26. The van der Waals surface area contributed by atoms with Crippen molar-refractivity contribution in [2.45, 2.75) is 31.9 Å². The molecule has 1 saturated heterocycles. The Bertz CT molecular complexity index is 822. The smallest absolute Gasteiger partial charge is 0.164 e. The molecular weight excluding hydrogens is 342 g/mol. The molecule has 1 fully saturated rings. The second-order valence-corrected chi connectivity index (χ2v) is 7.47. The van der Waals surface area contributed by atoms with E-state index in [0.717, 1.165) is 53.3 Å². The van der Waals surface area contributed by atoms with Crippen molar-refractivity contribution in [3.8, 4) is 17.2 Å². The van der Waals surface area contributed by atoms with E-state index in [2.05, 4.69) is 17.9 Å². The summed E-state index contributed by atoms with van der Waals surface area (Å²) in [6, 6.07) is 12.0. The Morgan fingerprint density at radius 1 is 1.15 bits per heavy atom. The molecule has 1 atom stereocenters. The highest BCUT2D eigenvalue weighted by Crippen LogP contribution is 2.39. The summed E-state index contributed by atoms with van der Waals surface area (Å²) in [5.41, 5.74) is 2.41. The predicted octanol–water partition coefficient (Wildman–Crippen LogP) is 3.26. The number of nitrogens with zero attached hydrogens (tertiary/aromatic N) is 1. The van der Waals surface area contributed by atoms with Crippen molar-refractivity contribution in [3.05, 3.63) is 53.1 Å². The van der Waals surface area contributed by atoms with Crippen LogP contribution in [-0.4, -0.2) is 43.4 Å². The molecule has 0 aromatic heterocycles. The van der Waals surface area contributed by atoms with Crippen molar-refractivity contribution in [3.63, 3.8) is 0 Å². The molecule has 2 aliphatic rings. The first-order valence-electron chi connectivity index (χ1n) is 9.56. The van der Waals surface area contributed by atoms with Crippen LogP contribution in [0.4, 0.5) is 0 Å². The number of β-amino-alcohol motifs (C(OH)–C–C–N with tert-alkyl or cyclic N) is 1. The molecule has 5 nitrogen and oxygen atoms in total. The number of methoxy groups -OCH3 is 1. The monoisotopic (exact) mass is 369 g/mol. The van der Waals surface area contributed by atoms with Crippen molar-refractivity contribution < 1.29 is 19.3 Å². The van der Waals surface area contributed by atoms with Crippen LogP contribution in [0.5, 0.6) is 17.2 Å². The van der Waals surface area contributed by atoms with E-state index in [4.69, 9.17) is 14.2 Å². The van der Waals surface area contributed by atoms with Gasteiger partial charge in [-0.2, -0.15) is 0 Å². The zero-order valence-corrected chi connectivity index (χ0v) is 16.0. The summed E-state index contributed by atoms with van der Waals surface area (Å²) in [7, 11) is 1.68. The van der Waals surface area contributed by atoms with Crippen LogP contribution in [0.3, 0.4) is 0 Å². The number of rotatable bonds is 4. The van der Waals surface area contributed by atoms with Crippen LogP contribution >= 0.6 is 0 Å². The van der Waals surface area contributed by atoms with Gasteiger partial charge >= 0.3 is 0 Å². The summed E-state index contributed by atoms with van der Waals surface area (Å²) in [6.45, 7) is 5.52. The van der Waals surface area contributed by atoms with Gasteiger partial charge < -0.3 is 19.3 Å². The van der Waals surface area contributed by atoms with Crippen molar-refractivity contribution >= 4 is 0 Å². The molecule has 0 radical (unpaired) electrons. The minimum atomic E-state index is -0.802. The van der Waals surface area contributed by atoms with Gasteiger partial charge in [-0.15, -0.1) is 0 Å². The highest BCUT2D eigenvalue weighted by molar-refractivity contribution is 5.51. The van der Waals surface area contributed by atoms with Crippen molar-refractivity contribution in [2.75, 3.05) is 33.4 Å². The van der Waals surface area contributed by atoms with Gasteiger partial charge in [-0.25, -0.2) is 0 Å². The Balaban J connectivity index is 1.55. The zero-order chi connectivity index (χ0) is 18.9. The molecule has 0 bridgehead atoms. The fraction of sp³-hybridized carbons (Fsp3) is 0.455. The summed E-state index contributed by atoms with van der Waals surface area (Å²) in [4.78, 5) is 2.27. The summed E-state index contributed by atoms with van der Waals surface area (Å²) >= 11 is 0. The van der Waals surface area contributed by atoms with E-state index in [1.54, 1.807) is 7.11 Å². The SMILES string of the molecule is COc1cc2c(cc1CN1CCC(O)(c3ccccc3C)C1)OCCCO2. The predicted molar refractivity (Wildman–Crippen MR) is 104 cm³/mol. The average Bonchev–Trinajstić information content (AvgIpc) is 2.89. The normalized spacial score (nSPS) is 22.5. The first-order chi connectivity index (χ1) is 13.1. The second-order valence-electron chi connectivity index (χ2n) is 7.47. The summed E-state index contributed by atoms with van der Waals surface area (Å²) in [5, 5.41) is 11.2. The largest absolute Gasteiger partial charge is 0.496 e. The molecule has 2 heterocycles. The first-order valence-corrected chi connectivity index (χ1v) is 9.56. The van der Waals surface area contributed by atoms with Gasteiger partial charge in [0.1, 0.15) is 11.4 Å². The Labute approximate surface area is 160 Å². The van der Waals surface area contributed by atoms with E-state index < -0.39 is 5.60 Å². The molecule has 2 aromatic carbocycles. The minimum Gasteiger partial charge on any atom is -0.496 e. The number of benzene rings is 2. The van der Waals surface area contributed by atoms with Gasteiger partial charge in [0, 0.05) is 37.7 Å². The number of aliphatic hydroxyl groups is 1. The van der Waals surface area contributed by atoms with Crippen LogP contribution in [0.25, 0.3) is 0 Å². The summed E-state index contributed by atoms with van der Waals surface area (Å²) < 4.78 is 17.2. The molecular formula is C22H27NO4. The van der Waals surface area contributed by atoms with Crippen LogP contribution in [0.1, 0.15) is 29.5 Å². The van der Waals surface area contributed by atoms with Crippen LogP contribution in [0.15, 0.2) is 36.4 Å². The van der Waals surface area contributed by atoms with Crippen LogP contribution in [-0.2, 0) is 12.1 Å². The van der Waals surface area contributed by atoms with E-state index in [1.807, 2.05) is 30.3 Å². The van der Waals surface area contributed by atoms with Gasteiger partial charge in [0.15, 0.2) is 11.5 Å². The molecule has 0 amide bonds. The topological polar surface area (TPSA) is 51.2 Å². The Hall–Kier alpha value is -2.24. The van der Waals surface area contributed by atoms with Crippen LogP contribution < -0.4 is 14.2 Å². The van der Waals surface area contributed by atoms with E-state index in [9.17, 15) is 5.11 Å². The third kappa shape index (κ3) is 3.62. The summed E-state index contributed by atoms with van der Waals surface area (Å²) in [6.07, 6.45) is 1.60. The lowest BCUT2D eigenvalue weighted by Crippen LogP contribution is -2.31. The third-order valence-corrected chi connectivity index (χ3v) is 5.52. The Kier molecular flexibility index (Phi) is 4.98. The highest BCUT2D eigenvalue weighted by Gasteiger charge is 2.38. The van der Waals surface area contributed by atoms with E-state index in [1.165, 1.54) is 0 Å². The number of hydrogen-bond donors (Lipinski definition) is 1. The number of ether oxygens (including phenoxy) is 3. The zero-order valence-electron chi connectivity index (χ0n) is 16.0. The number of fused-ring (bicyclic) bond motifs is 1. The number of aryl methyl sites for hydroxylation is 1. The summed E-state index contributed by atoms with van der Waals surface area (Å²) in [5.74, 6) is 2.31. The van der Waals surface area contributed by atoms with E-state index in [-0.39, 0.29) is 0 Å². The van der Waals surface area contributed by atoms with E-state index >= 15 is 0 Å². The molecule has 2 aliphatic heterocycles. The third-order valence-electron chi connectivity index (χ3n) is 5.52. The van der Waals surface area contributed by atoms with Crippen molar-refractivity contribution in [1.82, 2.24) is 4.90 Å². The van der Waals surface area contributed by atoms with Gasteiger partial charge in [-0.05, 0) is 30.5 Å².